The summed E-state index contributed by atoms with van der Waals surface area (Å²) < 4.78 is 13.5. The number of nitrogens with zero attached hydrogens (tertiary/aromatic N) is 1. The van der Waals surface area contributed by atoms with Crippen LogP contribution in [0.3, 0.4) is 0 Å². The summed E-state index contributed by atoms with van der Waals surface area (Å²) in [6, 6.07) is 5.25. The molecule has 20 heavy (non-hydrogen) atoms. The van der Waals surface area contributed by atoms with E-state index in [1.807, 2.05) is 6.07 Å². The fraction of sp³-hybridized carbons (Fsp3) is 0.647. The van der Waals surface area contributed by atoms with Crippen molar-refractivity contribution >= 4 is 18.3 Å². The van der Waals surface area contributed by atoms with Crippen LogP contribution in [-0.2, 0) is 6.42 Å². The molecule has 0 radical (unpaired) electrons. The van der Waals surface area contributed by atoms with Gasteiger partial charge in [-0.1, -0.05) is 31.7 Å². The number of rotatable bonds is 3. The Morgan fingerprint density at radius 1 is 1.15 bits per heavy atom. The van der Waals surface area contributed by atoms with E-state index in [4.69, 9.17) is 0 Å². The van der Waals surface area contributed by atoms with Crippen LogP contribution in [0.25, 0.3) is 0 Å². The van der Waals surface area contributed by atoms with Gasteiger partial charge in [-0.3, -0.25) is 0 Å². The molecule has 3 rings (SSSR count). The molecule has 1 nitrogen and oxygen atoms in total. The number of anilines is 1. The fourth-order valence-electron chi connectivity index (χ4n) is 3.83. The molecular weight excluding hydrogens is 269 g/mol. The third-order valence-corrected chi connectivity index (χ3v) is 5.74. The van der Waals surface area contributed by atoms with Crippen LogP contribution in [0.5, 0.6) is 0 Å². The second-order valence-corrected chi connectivity index (χ2v) is 6.83. The maximum absolute atomic E-state index is 13.5. The second-order valence-electron chi connectivity index (χ2n) is 6.52. The van der Waals surface area contributed by atoms with Crippen LogP contribution >= 0.6 is 12.6 Å². The Morgan fingerprint density at radius 2 is 1.90 bits per heavy atom. The molecule has 1 aliphatic heterocycles. The molecule has 1 heterocycles. The lowest BCUT2D eigenvalue weighted by molar-refractivity contribution is 0.291. The first-order valence-electron chi connectivity index (χ1n) is 7.87. The summed E-state index contributed by atoms with van der Waals surface area (Å²) >= 11 is 4.66. The van der Waals surface area contributed by atoms with E-state index < -0.39 is 0 Å². The van der Waals surface area contributed by atoms with Gasteiger partial charge in [0.05, 0.1) is 0 Å². The molecule has 0 spiro atoms. The maximum Gasteiger partial charge on any atom is 0.125 e. The van der Waals surface area contributed by atoms with Gasteiger partial charge in [0.25, 0.3) is 0 Å². The Bertz CT molecular complexity index is 466. The zero-order valence-electron chi connectivity index (χ0n) is 12.1. The molecule has 110 valence electrons. The Kier molecular flexibility index (Phi) is 4.25. The summed E-state index contributed by atoms with van der Waals surface area (Å²) in [5, 5.41) is 0. The number of hydrogen-bond acceptors (Lipinski definition) is 2. The topological polar surface area (TPSA) is 3.24 Å². The van der Waals surface area contributed by atoms with Crippen molar-refractivity contribution in [1.82, 2.24) is 0 Å². The van der Waals surface area contributed by atoms with Crippen molar-refractivity contribution in [2.45, 2.75) is 44.9 Å². The first-order valence-corrected chi connectivity index (χ1v) is 8.50. The van der Waals surface area contributed by atoms with Crippen molar-refractivity contribution in [2.75, 3.05) is 23.7 Å². The highest BCUT2D eigenvalue weighted by Gasteiger charge is 2.33. The quantitative estimate of drug-likeness (QED) is 0.636. The molecule has 1 fully saturated rings. The fourth-order valence-corrected chi connectivity index (χ4v) is 4.25. The lowest BCUT2D eigenvalue weighted by Crippen LogP contribution is -2.38. The molecule has 1 aliphatic carbocycles. The monoisotopic (exact) mass is 293 g/mol. The van der Waals surface area contributed by atoms with E-state index in [1.54, 1.807) is 12.1 Å². The molecule has 3 heteroatoms. The number of halogens is 1. The molecule has 2 aliphatic rings. The van der Waals surface area contributed by atoms with Crippen molar-refractivity contribution in [3.05, 3.63) is 29.6 Å². The molecule has 1 aromatic carbocycles. The summed E-state index contributed by atoms with van der Waals surface area (Å²) in [7, 11) is 0. The minimum Gasteiger partial charge on any atom is -0.370 e. The zero-order valence-corrected chi connectivity index (χ0v) is 13.0. The molecule has 0 aromatic heterocycles. The van der Waals surface area contributed by atoms with Crippen LogP contribution in [0.2, 0.25) is 0 Å². The van der Waals surface area contributed by atoms with Gasteiger partial charge in [0, 0.05) is 18.8 Å². The van der Waals surface area contributed by atoms with Gasteiger partial charge in [0.1, 0.15) is 5.82 Å². The Hall–Kier alpha value is -0.700. The van der Waals surface area contributed by atoms with Gasteiger partial charge in [-0.2, -0.15) is 12.6 Å². The standard InChI is InChI=1S/C17H24FNS/c18-15-6-5-14-7-10-19(16(14)11-15)12-17(13-20)8-3-1-2-4-9-17/h5-6,11,20H,1-4,7-10,12-13H2. The van der Waals surface area contributed by atoms with Gasteiger partial charge in [0.15, 0.2) is 0 Å². The van der Waals surface area contributed by atoms with E-state index in [1.165, 1.54) is 44.1 Å². The van der Waals surface area contributed by atoms with Crippen molar-refractivity contribution in [3.63, 3.8) is 0 Å². The van der Waals surface area contributed by atoms with Crippen molar-refractivity contribution in [2.24, 2.45) is 5.41 Å². The molecule has 0 bridgehead atoms. The molecule has 1 aromatic rings. The SMILES string of the molecule is Fc1ccc2c(c1)N(CC1(CS)CCCCCC1)CC2. The van der Waals surface area contributed by atoms with Gasteiger partial charge < -0.3 is 4.90 Å². The predicted octanol–water partition coefficient (Wildman–Crippen LogP) is 4.46. The smallest absolute Gasteiger partial charge is 0.125 e. The highest BCUT2D eigenvalue weighted by Crippen LogP contribution is 2.39. The van der Waals surface area contributed by atoms with Gasteiger partial charge >= 0.3 is 0 Å². The molecule has 0 amide bonds. The number of thiol groups is 1. The Morgan fingerprint density at radius 3 is 2.60 bits per heavy atom. The van der Waals surface area contributed by atoms with Gasteiger partial charge in [0.2, 0.25) is 0 Å². The van der Waals surface area contributed by atoms with Crippen molar-refractivity contribution < 1.29 is 4.39 Å². The Labute approximate surface area is 127 Å². The maximum atomic E-state index is 13.5. The highest BCUT2D eigenvalue weighted by atomic mass is 32.1. The summed E-state index contributed by atoms with van der Waals surface area (Å²) in [5.41, 5.74) is 2.75. The van der Waals surface area contributed by atoms with E-state index in [0.29, 0.717) is 5.41 Å². The summed E-state index contributed by atoms with van der Waals surface area (Å²) in [4.78, 5) is 2.40. The first-order chi connectivity index (χ1) is 9.72. The summed E-state index contributed by atoms with van der Waals surface area (Å²) in [5.74, 6) is 0.838. The normalized spacial score (nSPS) is 21.6. The van der Waals surface area contributed by atoms with E-state index in [2.05, 4.69) is 17.5 Å². The molecule has 0 atom stereocenters. The van der Waals surface area contributed by atoms with Crippen LogP contribution in [0.1, 0.15) is 44.1 Å². The number of hydrogen-bond donors (Lipinski definition) is 1. The molecule has 1 saturated carbocycles. The first kappa shape index (κ1) is 14.2. The third-order valence-electron chi connectivity index (χ3n) is 5.06. The predicted molar refractivity (Wildman–Crippen MR) is 86.3 cm³/mol. The Balaban J connectivity index is 1.79. The number of benzene rings is 1. The van der Waals surface area contributed by atoms with Crippen LogP contribution < -0.4 is 4.90 Å². The average molecular weight is 293 g/mol. The van der Waals surface area contributed by atoms with Gasteiger partial charge in [-0.05, 0) is 48.1 Å². The molecule has 0 N–H and O–H groups in total. The van der Waals surface area contributed by atoms with E-state index in [9.17, 15) is 4.39 Å². The van der Waals surface area contributed by atoms with Crippen LogP contribution in [0.15, 0.2) is 18.2 Å². The third kappa shape index (κ3) is 2.83. The van der Waals surface area contributed by atoms with E-state index in [0.717, 1.165) is 31.0 Å². The lowest BCUT2D eigenvalue weighted by Gasteiger charge is -2.36. The minimum atomic E-state index is -0.114. The van der Waals surface area contributed by atoms with E-state index in [-0.39, 0.29) is 5.82 Å². The van der Waals surface area contributed by atoms with E-state index >= 15 is 0 Å². The lowest BCUT2D eigenvalue weighted by atomic mass is 9.81. The van der Waals surface area contributed by atoms with Crippen molar-refractivity contribution in [3.8, 4) is 0 Å². The molecular formula is C17H24FNS. The summed E-state index contributed by atoms with van der Waals surface area (Å²) in [6.07, 6.45) is 8.98. The van der Waals surface area contributed by atoms with Crippen LogP contribution in [0.4, 0.5) is 10.1 Å². The van der Waals surface area contributed by atoms with Crippen molar-refractivity contribution in [1.29, 1.82) is 0 Å². The summed E-state index contributed by atoms with van der Waals surface area (Å²) in [6.45, 7) is 2.08. The van der Waals surface area contributed by atoms with Crippen LogP contribution in [-0.4, -0.2) is 18.8 Å². The second kappa shape index (κ2) is 5.97. The molecule has 0 unspecified atom stereocenters. The largest absolute Gasteiger partial charge is 0.370 e. The zero-order chi connectivity index (χ0) is 14.0. The average Bonchev–Trinajstić information content (AvgIpc) is 2.70. The van der Waals surface area contributed by atoms with Crippen LogP contribution in [0, 0.1) is 11.2 Å². The van der Waals surface area contributed by atoms with Gasteiger partial charge in [-0.25, -0.2) is 4.39 Å². The minimum absolute atomic E-state index is 0.114. The molecule has 0 saturated heterocycles. The number of fused-ring (bicyclic) bond motifs is 1. The highest BCUT2D eigenvalue weighted by molar-refractivity contribution is 7.80. The van der Waals surface area contributed by atoms with Gasteiger partial charge in [-0.15, -0.1) is 0 Å².